The summed E-state index contributed by atoms with van der Waals surface area (Å²) in [7, 11) is 0. The molecule has 2 aromatic heterocycles. The van der Waals surface area contributed by atoms with Crippen molar-refractivity contribution in [2.24, 2.45) is 5.92 Å². The predicted molar refractivity (Wildman–Crippen MR) is 82.1 cm³/mol. The molecule has 7 nitrogen and oxygen atoms in total. The largest absolute Gasteiger partial charge is 0.324 e. The number of nitrogens with one attached hydrogen (secondary N) is 1. The second-order valence-corrected chi connectivity index (χ2v) is 5.65. The van der Waals surface area contributed by atoms with Gasteiger partial charge in [-0.25, -0.2) is 4.98 Å². The Morgan fingerprint density at radius 1 is 1.41 bits per heavy atom. The molecule has 7 heteroatoms. The third-order valence-electron chi connectivity index (χ3n) is 3.83. The second kappa shape index (κ2) is 7.13. The number of hydrogen-bond donors (Lipinski definition) is 1. The Bertz CT molecular complexity index is 585. The lowest BCUT2D eigenvalue weighted by molar-refractivity contribution is -0.117. The van der Waals surface area contributed by atoms with Gasteiger partial charge in [0.2, 0.25) is 5.91 Å². The van der Waals surface area contributed by atoms with Crippen molar-refractivity contribution in [2.45, 2.75) is 19.4 Å². The molecule has 3 heterocycles. The molecule has 1 aliphatic heterocycles. The predicted octanol–water partition coefficient (Wildman–Crippen LogP) is 1.02. The zero-order chi connectivity index (χ0) is 15.2. The monoisotopic (exact) mass is 300 g/mol. The molecule has 1 amide bonds. The topological polar surface area (TPSA) is 75.9 Å². The van der Waals surface area contributed by atoms with Gasteiger partial charge in [0.25, 0.3) is 0 Å². The molecular formula is C15H20N6O. The fraction of sp³-hybridized carbons (Fsp3) is 0.467. The molecular weight excluding hydrogens is 280 g/mol. The number of piperidine rings is 1. The summed E-state index contributed by atoms with van der Waals surface area (Å²) < 4.78 is 1.86. The van der Waals surface area contributed by atoms with Crippen LogP contribution in [0.3, 0.4) is 0 Å². The minimum absolute atomic E-state index is 0.00871. The first kappa shape index (κ1) is 14.6. The molecule has 116 valence electrons. The zero-order valence-electron chi connectivity index (χ0n) is 12.4. The van der Waals surface area contributed by atoms with E-state index in [0.29, 0.717) is 12.5 Å². The molecule has 3 rings (SSSR count). The number of anilines is 1. The quantitative estimate of drug-likeness (QED) is 0.892. The van der Waals surface area contributed by atoms with Gasteiger partial charge in [0.15, 0.2) is 0 Å². The van der Waals surface area contributed by atoms with Crippen LogP contribution in [0, 0.1) is 5.92 Å². The van der Waals surface area contributed by atoms with Crippen LogP contribution in [0.5, 0.6) is 0 Å². The number of rotatable bonds is 5. The zero-order valence-corrected chi connectivity index (χ0v) is 12.4. The van der Waals surface area contributed by atoms with Crippen LogP contribution in [0.15, 0.2) is 37.2 Å². The first-order chi connectivity index (χ1) is 10.8. The van der Waals surface area contributed by atoms with Crippen molar-refractivity contribution in [1.29, 1.82) is 0 Å². The van der Waals surface area contributed by atoms with Crippen LogP contribution in [-0.4, -0.2) is 50.2 Å². The van der Waals surface area contributed by atoms with Crippen molar-refractivity contribution in [3.63, 3.8) is 0 Å². The average Bonchev–Trinajstić information content (AvgIpc) is 3.01. The molecule has 0 saturated carbocycles. The Balaban J connectivity index is 1.48. The summed E-state index contributed by atoms with van der Waals surface area (Å²) in [6.07, 6.45) is 8.92. The van der Waals surface area contributed by atoms with Crippen molar-refractivity contribution >= 4 is 11.6 Å². The summed E-state index contributed by atoms with van der Waals surface area (Å²) in [6, 6.07) is 3.65. The molecule has 1 N–H and O–H groups in total. The third-order valence-corrected chi connectivity index (χ3v) is 3.83. The normalized spacial score (nSPS) is 19.0. The Labute approximate surface area is 129 Å². The minimum atomic E-state index is 0.00871. The lowest BCUT2D eigenvalue weighted by atomic mass is 9.98. The first-order valence-electron chi connectivity index (χ1n) is 7.54. The number of amides is 1. The van der Waals surface area contributed by atoms with E-state index in [1.165, 1.54) is 6.42 Å². The van der Waals surface area contributed by atoms with Gasteiger partial charge in [0.05, 0.1) is 18.4 Å². The third kappa shape index (κ3) is 4.11. The molecule has 0 aliphatic carbocycles. The summed E-state index contributed by atoms with van der Waals surface area (Å²) in [5, 5.41) is 7.03. The van der Waals surface area contributed by atoms with E-state index in [1.807, 2.05) is 16.8 Å². The van der Waals surface area contributed by atoms with Crippen LogP contribution in [-0.2, 0) is 11.3 Å². The van der Waals surface area contributed by atoms with Gasteiger partial charge < -0.3 is 5.32 Å². The smallest absolute Gasteiger partial charge is 0.238 e. The van der Waals surface area contributed by atoms with Crippen LogP contribution in [0.1, 0.15) is 12.8 Å². The van der Waals surface area contributed by atoms with Crippen molar-refractivity contribution < 1.29 is 4.79 Å². The maximum atomic E-state index is 12.1. The number of nitrogens with zero attached hydrogens (tertiary/aromatic N) is 5. The van der Waals surface area contributed by atoms with Crippen molar-refractivity contribution in [3.05, 3.63) is 37.2 Å². The van der Waals surface area contributed by atoms with Gasteiger partial charge in [-0.1, -0.05) is 0 Å². The van der Waals surface area contributed by atoms with Crippen LogP contribution < -0.4 is 5.32 Å². The lowest BCUT2D eigenvalue weighted by Gasteiger charge is -2.32. The van der Waals surface area contributed by atoms with Gasteiger partial charge >= 0.3 is 0 Å². The van der Waals surface area contributed by atoms with Gasteiger partial charge in [0.1, 0.15) is 12.7 Å². The average molecular weight is 300 g/mol. The molecule has 0 aromatic carbocycles. The summed E-state index contributed by atoms with van der Waals surface area (Å²) in [5.41, 5.74) is 0.740. The van der Waals surface area contributed by atoms with Crippen molar-refractivity contribution in [1.82, 2.24) is 24.6 Å². The highest BCUT2D eigenvalue weighted by Crippen LogP contribution is 2.17. The summed E-state index contributed by atoms with van der Waals surface area (Å²) in [5.74, 6) is 0.524. The Morgan fingerprint density at radius 3 is 3.14 bits per heavy atom. The Hall–Kier alpha value is -2.28. The van der Waals surface area contributed by atoms with E-state index < -0.39 is 0 Å². The number of carbonyl (C=O) groups is 1. The highest BCUT2D eigenvalue weighted by Gasteiger charge is 2.22. The maximum absolute atomic E-state index is 12.1. The molecule has 0 bridgehead atoms. The molecule has 2 aromatic rings. The van der Waals surface area contributed by atoms with E-state index in [4.69, 9.17) is 0 Å². The second-order valence-electron chi connectivity index (χ2n) is 5.65. The lowest BCUT2D eigenvalue weighted by Crippen LogP contribution is -2.41. The van der Waals surface area contributed by atoms with E-state index in [9.17, 15) is 4.79 Å². The molecule has 1 aliphatic rings. The summed E-state index contributed by atoms with van der Waals surface area (Å²) in [4.78, 5) is 22.3. The molecule has 1 atom stereocenters. The summed E-state index contributed by atoms with van der Waals surface area (Å²) in [6.45, 7) is 3.16. The highest BCUT2D eigenvalue weighted by atomic mass is 16.2. The van der Waals surface area contributed by atoms with Crippen LogP contribution in [0.4, 0.5) is 5.69 Å². The van der Waals surface area contributed by atoms with E-state index in [-0.39, 0.29) is 5.91 Å². The fourth-order valence-corrected chi connectivity index (χ4v) is 2.88. The van der Waals surface area contributed by atoms with Gasteiger partial charge in [0, 0.05) is 19.3 Å². The van der Waals surface area contributed by atoms with Gasteiger partial charge in [-0.15, -0.1) is 0 Å². The fourth-order valence-electron chi connectivity index (χ4n) is 2.88. The van der Waals surface area contributed by atoms with Gasteiger partial charge in [-0.3, -0.25) is 19.4 Å². The maximum Gasteiger partial charge on any atom is 0.238 e. The molecule has 22 heavy (non-hydrogen) atoms. The SMILES string of the molecule is O=C(CN1CCC[C@@H](Cn2cncn2)C1)Nc1cccnc1. The van der Waals surface area contributed by atoms with Gasteiger partial charge in [-0.2, -0.15) is 5.10 Å². The van der Waals surface area contributed by atoms with Crippen LogP contribution in [0.2, 0.25) is 0 Å². The van der Waals surface area contributed by atoms with Crippen molar-refractivity contribution in [2.75, 3.05) is 25.0 Å². The molecule has 1 fully saturated rings. The van der Waals surface area contributed by atoms with Gasteiger partial charge in [-0.05, 0) is 37.4 Å². The number of carbonyl (C=O) groups excluding carboxylic acids is 1. The molecule has 1 saturated heterocycles. The molecule has 0 spiro atoms. The van der Waals surface area contributed by atoms with E-state index in [0.717, 1.165) is 31.7 Å². The number of pyridine rings is 1. The number of likely N-dealkylation sites (tertiary alicyclic amines) is 1. The highest BCUT2D eigenvalue weighted by molar-refractivity contribution is 5.92. The van der Waals surface area contributed by atoms with Crippen LogP contribution >= 0.6 is 0 Å². The molecule has 0 radical (unpaired) electrons. The Kier molecular flexibility index (Phi) is 4.75. The molecule has 0 unspecified atom stereocenters. The van der Waals surface area contributed by atoms with E-state index in [2.05, 4.69) is 25.3 Å². The number of aromatic nitrogens is 4. The van der Waals surface area contributed by atoms with Crippen LogP contribution in [0.25, 0.3) is 0 Å². The van der Waals surface area contributed by atoms with E-state index in [1.54, 1.807) is 25.0 Å². The minimum Gasteiger partial charge on any atom is -0.324 e. The Morgan fingerprint density at radius 2 is 2.36 bits per heavy atom. The standard InChI is InChI=1S/C15H20N6O/c22-15(19-14-4-1-5-16-7-14)10-20-6-2-3-13(8-20)9-21-12-17-11-18-21/h1,4-5,7,11-13H,2-3,6,8-10H2,(H,19,22)/t13-/m1/s1. The van der Waals surface area contributed by atoms with Crippen molar-refractivity contribution in [3.8, 4) is 0 Å². The summed E-state index contributed by atoms with van der Waals surface area (Å²) >= 11 is 0. The number of hydrogen-bond acceptors (Lipinski definition) is 5. The van der Waals surface area contributed by atoms with E-state index >= 15 is 0 Å². The first-order valence-corrected chi connectivity index (χ1v) is 7.54.